The van der Waals surface area contributed by atoms with E-state index in [1.54, 1.807) is 24.3 Å². The summed E-state index contributed by atoms with van der Waals surface area (Å²) in [6.07, 6.45) is 3.31. The first-order valence-electron chi connectivity index (χ1n) is 5.80. The van der Waals surface area contributed by atoms with Crippen molar-refractivity contribution in [3.8, 4) is 0 Å². The lowest BCUT2D eigenvalue weighted by atomic mass is 10.1. The van der Waals surface area contributed by atoms with Crippen molar-refractivity contribution in [2.75, 3.05) is 0 Å². The van der Waals surface area contributed by atoms with E-state index in [4.69, 9.17) is 23.2 Å². The number of benzene rings is 2. The van der Waals surface area contributed by atoms with Crippen LogP contribution in [0.2, 0.25) is 10.0 Å². The summed E-state index contributed by atoms with van der Waals surface area (Å²) in [5, 5.41) is 0.831. The number of hydrogen-bond acceptors (Lipinski definition) is 1. The largest absolute Gasteiger partial charge is 0.289 e. The molecule has 3 heteroatoms. The Hall–Kier alpha value is -1.57. The topological polar surface area (TPSA) is 17.1 Å². The molecule has 0 saturated heterocycles. The van der Waals surface area contributed by atoms with Crippen LogP contribution in [0.4, 0.5) is 0 Å². The molecule has 96 valence electrons. The third kappa shape index (κ3) is 3.69. The summed E-state index contributed by atoms with van der Waals surface area (Å²) in [7, 11) is 0. The lowest BCUT2D eigenvalue weighted by Crippen LogP contribution is -1.93. The molecule has 0 unspecified atom stereocenters. The van der Waals surface area contributed by atoms with Gasteiger partial charge in [0.05, 0.1) is 10.0 Å². The lowest BCUT2D eigenvalue weighted by molar-refractivity contribution is 0.104. The fourth-order valence-corrected chi connectivity index (χ4v) is 1.89. The summed E-state index contributed by atoms with van der Waals surface area (Å²) in [6, 6.07) is 12.8. The van der Waals surface area contributed by atoms with Gasteiger partial charge in [-0.1, -0.05) is 59.1 Å². The molecule has 0 aliphatic heterocycles. The van der Waals surface area contributed by atoms with E-state index in [0.29, 0.717) is 15.6 Å². The zero-order chi connectivity index (χ0) is 13.8. The monoisotopic (exact) mass is 290 g/mol. The summed E-state index contributed by atoms with van der Waals surface area (Å²) in [6.45, 7) is 2.02. The van der Waals surface area contributed by atoms with E-state index >= 15 is 0 Å². The second kappa shape index (κ2) is 6.05. The number of ketones is 1. The van der Waals surface area contributed by atoms with Gasteiger partial charge >= 0.3 is 0 Å². The predicted octanol–water partition coefficient (Wildman–Crippen LogP) is 5.20. The maximum atomic E-state index is 12.0. The van der Waals surface area contributed by atoms with Crippen molar-refractivity contribution in [2.45, 2.75) is 6.92 Å². The van der Waals surface area contributed by atoms with E-state index in [0.717, 1.165) is 5.56 Å². The Balaban J connectivity index is 2.16. The van der Waals surface area contributed by atoms with Crippen LogP contribution in [0.5, 0.6) is 0 Å². The second-order valence-corrected chi connectivity index (χ2v) is 5.05. The molecular formula is C16H12Cl2O. The SMILES string of the molecule is Cc1ccc(C=CC(=O)c2ccc(Cl)c(Cl)c2)cc1. The molecular weight excluding hydrogens is 279 g/mol. The van der Waals surface area contributed by atoms with Gasteiger partial charge in [0, 0.05) is 5.56 Å². The maximum absolute atomic E-state index is 12.0. The lowest BCUT2D eigenvalue weighted by Gasteiger charge is -1.99. The van der Waals surface area contributed by atoms with Crippen molar-refractivity contribution in [1.29, 1.82) is 0 Å². The van der Waals surface area contributed by atoms with Gasteiger partial charge in [0.25, 0.3) is 0 Å². The Kier molecular flexibility index (Phi) is 4.41. The molecule has 0 bridgehead atoms. The number of allylic oxidation sites excluding steroid dienone is 1. The van der Waals surface area contributed by atoms with Crippen molar-refractivity contribution in [3.63, 3.8) is 0 Å². The zero-order valence-corrected chi connectivity index (χ0v) is 11.9. The molecule has 0 aliphatic rings. The Morgan fingerprint density at radius 1 is 1.00 bits per heavy atom. The molecule has 0 aliphatic carbocycles. The van der Waals surface area contributed by atoms with Gasteiger partial charge < -0.3 is 0 Å². The highest BCUT2D eigenvalue weighted by molar-refractivity contribution is 6.42. The Morgan fingerprint density at radius 2 is 1.68 bits per heavy atom. The van der Waals surface area contributed by atoms with Crippen molar-refractivity contribution in [1.82, 2.24) is 0 Å². The van der Waals surface area contributed by atoms with Crippen LogP contribution >= 0.6 is 23.2 Å². The van der Waals surface area contributed by atoms with Crippen molar-refractivity contribution < 1.29 is 4.79 Å². The van der Waals surface area contributed by atoms with E-state index in [1.165, 1.54) is 11.6 Å². The number of carbonyl (C=O) groups excluding carboxylic acids is 1. The highest BCUT2D eigenvalue weighted by Gasteiger charge is 2.04. The van der Waals surface area contributed by atoms with Crippen LogP contribution < -0.4 is 0 Å². The summed E-state index contributed by atoms with van der Waals surface area (Å²) >= 11 is 11.7. The summed E-state index contributed by atoms with van der Waals surface area (Å²) in [5.41, 5.74) is 2.70. The van der Waals surface area contributed by atoms with Crippen molar-refractivity contribution >= 4 is 35.1 Å². The van der Waals surface area contributed by atoms with Crippen LogP contribution in [-0.4, -0.2) is 5.78 Å². The van der Waals surface area contributed by atoms with Crippen LogP contribution in [-0.2, 0) is 0 Å². The number of carbonyl (C=O) groups is 1. The van der Waals surface area contributed by atoms with Gasteiger partial charge in [0.1, 0.15) is 0 Å². The Labute approximate surface area is 122 Å². The van der Waals surface area contributed by atoms with Crippen LogP contribution in [0, 0.1) is 6.92 Å². The number of aryl methyl sites for hydroxylation is 1. The molecule has 0 heterocycles. The number of halogens is 2. The molecule has 0 amide bonds. The summed E-state index contributed by atoms with van der Waals surface area (Å²) < 4.78 is 0. The van der Waals surface area contributed by atoms with Gasteiger partial charge in [-0.25, -0.2) is 0 Å². The third-order valence-corrected chi connectivity index (χ3v) is 3.45. The van der Waals surface area contributed by atoms with Gasteiger partial charge in [0.15, 0.2) is 5.78 Å². The van der Waals surface area contributed by atoms with Crippen LogP contribution in [0.15, 0.2) is 48.5 Å². The molecule has 2 aromatic rings. The number of rotatable bonds is 3. The first kappa shape index (κ1) is 13.9. The van der Waals surface area contributed by atoms with Crippen molar-refractivity contribution in [3.05, 3.63) is 75.3 Å². The molecule has 0 aromatic heterocycles. The smallest absolute Gasteiger partial charge is 0.185 e. The molecule has 0 atom stereocenters. The van der Waals surface area contributed by atoms with E-state index in [9.17, 15) is 4.79 Å². The van der Waals surface area contributed by atoms with Crippen LogP contribution in [0.25, 0.3) is 6.08 Å². The number of hydrogen-bond donors (Lipinski definition) is 0. The Morgan fingerprint density at radius 3 is 2.32 bits per heavy atom. The van der Waals surface area contributed by atoms with Gasteiger partial charge in [-0.05, 0) is 36.8 Å². The summed E-state index contributed by atoms with van der Waals surface area (Å²) in [5.74, 6) is -0.0980. The first-order chi connectivity index (χ1) is 9.06. The van der Waals surface area contributed by atoms with Gasteiger partial charge in [-0.3, -0.25) is 4.79 Å². The van der Waals surface area contributed by atoms with Crippen molar-refractivity contribution in [2.24, 2.45) is 0 Å². The highest BCUT2D eigenvalue weighted by Crippen LogP contribution is 2.23. The average molecular weight is 291 g/mol. The minimum Gasteiger partial charge on any atom is -0.289 e. The quantitative estimate of drug-likeness (QED) is 0.561. The van der Waals surface area contributed by atoms with E-state index in [-0.39, 0.29) is 5.78 Å². The van der Waals surface area contributed by atoms with E-state index in [2.05, 4.69) is 0 Å². The van der Waals surface area contributed by atoms with Gasteiger partial charge in [-0.15, -0.1) is 0 Å². The normalized spacial score (nSPS) is 10.9. The van der Waals surface area contributed by atoms with Gasteiger partial charge in [0.2, 0.25) is 0 Å². The fourth-order valence-electron chi connectivity index (χ4n) is 1.60. The highest BCUT2D eigenvalue weighted by atomic mass is 35.5. The van der Waals surface area contributed by atoms with E-state index in [1.807, 2.05) is 31.2 Å². The first-order valence-corrected chi connectivity index (χ1v) is 6.56. The minimum atomic E-state index is -0.0980. The third-order valence-electron chi connectivity index (χ3n) is 2.71. The zero-order valence-electron chi connectivity index (χ0n) is 10.4. The molecule has 0 saturated carbocycles. The molecule has 0 fully saturated rings. The molecule has 2 rings (SSSR count). The Bertz CT molecular complexity index is 628. The maximum Gasteiger partial charge on any atom is 0.185 e. The predicted molar refractivity (Wildman–Crippen MR) is 81.0 cm³/mol. The molecule has 0 radical (unpaired) electrons. The molecule has 0 N–H and O–H groups in total. The molecule has 0 spiro atoms. The summed E-state index contributed by atoms with van der Waals surface area (Å²) in [4.78, 5) is 12.0. The minimum absolute atomic E-state index is 0.0980. The van der Waals surface area contributed by atoms with Gasteiger partial charge in [-0.2, -0.15) is 0 Å². The van der Waals surface area contributed by atoms with E-state index < -0.39 is 0 Å². The molecule has 1 nitrogen and oxygen atoms in total. The standard InChI is InChI=1S/C16H12Cl2O/c1-11-2-4-12(5-3-11)6-9-16(19)13-7-8-14(17)15(18)10-13/h2-10H,1H3. The fraction of sp³-hybridized carbons (Fsp3) is 0.0625. The second-order valence-electron chi connectivity index (χ2n) is 4.24. The molecule has 2 aromatic carbocycles. The molecule has 19 heavy (non-hydrogen) atoms. The van der Waals surface area contributed by atoms with Crippen LogP contribution in [0.1, 0.15) is 21.5 Å². The average Bonchev–Trinajstić information content (AvgIpc) is 2.41. The van der Waals surface area contributed by atoms with Crippen LogP contribution in [0.3, 0.4) is 0 Å².